The molecule has 0 radical (unpaired) electrons. The fourth-order valence-electron chi connectivity index (χ4n) is 3.97. The van der Waals surface area contributed by atoms with Gasteiger partial charge in [0.1, 0.15) is 18.2 Å². The van der Waals surface area contributed by atoms with Gasteiger partial charge >= 0.3 is 6.03 Å². The van der Waals surface area contributed by atoms with Crippen LogP contribution in [0.4, 0.5) is 4.79 Å². The smallest absolute Gasteiger partial charge is 0.315 e. The minimum absolute atomic E-state index is 0.169. The number of hydrogen-bond acceptors (Lipinski definition) is 4. The number of urea groups is 1. The van der Waals surface area contributed by atoms with Crippen molar-refractivity contribution in [3.63, 3.8) is 0 Å². The minimum Gasteiger partial charge on any atom is -0.486 e. The van der Waals surface area contributed by atoms with Crippen molar-refractivity contribution in [2.24, 2.45) is 0 Å². The van der Waals surface area contributed by atoms with E-state index in [9.17, 15) is 9.59 Å². The first-order valence-corrected chi connectivity index (χ1v) is 10.4. The predicted octanol–water partition coefficient (Wildman–Crippen LogP) is 2.75. The first-order chi connectivity index (χ1) is 14.6. The number of ether oxygens (including phenoxy) is 2. The molecule has 0 unspecified atom stereocenters. The molecule has 7 heteroatoms. The number of carbonyl (C=O) groups is 2. The summed E-state index contributed by atoms with van der Waals surface area (Å²) < 4.78 is 11.6. The molecule has 2 aromatic rings. The topological polar surface area (TPSA) is 88.7 Å². The van der Waals surface area contributed by atoms with Crippen LogP contribution in [0.15, 0.2) is 54.6 Å². The Morgan fingerprint density at radius 3 is 2.40 bits per heavy atom. The van der Waals surface area contributed by atoms with E-state index in [-0.39, 0.29) is 18.0 Å². The van der Waals surface area contributed by atoms with Crippen LogP contribution in [0.25, 0.3) is 0 Å². The predicted molar refractivity (Wildman–Crippen MR) is 112 cm³/mol. The number of amides is 3. The molecular formula is C23H27N3O4. The van der Waals surface area contributed by atoms with E-state index in [0.717, 1.165) is 18.4 Å². The van der Waals surface area contributed by atoms with Gasteiger partial charge < -0.3 is 25.4 Å². The number of fused-ring (bicyclic) bond motifs is 1. The van der Waals surface area contributed by atoms with E-state index in [1.807, 2.05) is 54.6 Å². The fourth-order valence-corrected chi connectivity index (χ4v) is 3.97. The molecule has 158 valence electrons. The van der Waals surface area contributed by atoms with Gasteiger partial charge in [-0.3, -0.25) is 4.79 Å². The average molecular weight is 409 g/mol. The van der Waals surface area contributed by atoms with Crippen LogP contribution in [-0.4, -0.2) is 36.7 Å². The summed E-state index contributed by atoms with van der Waals surface area (Å²) in [5, 5.41) is 8.74. The Bertz CT molecular complexity index is 881. The van der Waals surface area contributed by atoms with E-state index < -0.39 is 5.54 Å². The Labute approximate surface area is 176 Å². The van der Waals surface area contributed by atoms with Gasteiger partial charge in [0.25, 0.3) is 0 Å². The molecule has 3 amide bonds. The maximum Gasteiger partial charge on any atom is 0.315 e. The first kappa shape index (κ1) is 20.1. The van der Waals surface area contributed by atoms with Crippen molar-refractivity contribution in [2.45, 2.75) is 43.9 Å². The summed E-state index contributed by atoms with van der Waals surface area (Å²) in [6.45, 7) is 1.11. The van der Waals surface area contributed by atoms with Crippen LogP contribution in [0.5, 0.6) is 11.5 Å². The van der Waals surface area contributed by atoms with Gasteiger partial charge in [0.05, 0.1) is 6.54 Å². The Hall–Kier alpha value is -3.22. The Morgan fingerprint density at radius 2 is 1.63 bits per heavy atom. The van der Waals surface area contributed by atoms with E-state index in [1.54, 1.807) is 0 Å². The molecule has 1 saturated carbocycles. The van der Waals surface area contributed by atoms with Crippen LogP contribution in [-0.2, 0) is 11.3 Å². The molecule has 1 aliphatic carbocycles. The Balaban J connectivity index is 1.30. The highest BCUT2D eigenvalue weighted by Gasteiger charge is 2.42. The molecule has 1 atom stereocenters. The number of hydrogen-bond donors (Lipinski definition) is 3. The van der Waals surface area contributed by atoms with Crippen molar-refractivity contribution in [2.75, 3.05) is 13.2 Å². The van der Waals surface area contributed by atoms with Crippen LogP contribution in [0, 0.1) is 0 Å². The maximum atomic E-state index is 13.0. The van der Waals surface area contributed by atoms with E-state index >= 15 is 0 Å². The van der Waals surface area contributed by atoms with Gasteiger partial charge in [-0.15, -0.1) is 0 Å². The van der Waals surface area contributed by atoms with E-state index in [0.29, 0.717) is 44.0 Å². The Kier molecular flexibility index (Phi) is 6.07. The molecule has 0 aromatic heterocycles. The summed E-state index contributed by atoms with van der Waals surface area (Å²) in [4.78, 5) is 25.5. The lowest BCUT2D eigenvalue weighted by Gasteiger charge is -2.31. The van der Waals surface area contributed by atoms with Gasteiger partial charge in [-0.2, -0.15) is 0 Å². The third kappa shape index (κ3) is 4.67. The van der Waals surface area contributed by atoms with Crippen molar-refractivity contribution < 1.29 is 19.1 Å². The van der Waals surface area contributed by atoms with Crippen molar-refractivity contribution in [1.82, 2.24) is 16.0 Å². The quantitative estimate of drug-likeness (QED) is 0.685. The van der Waals surface area contributed by atoms with Gasteiger partial charge in [-0.05, 0) is 30.5 Å². The van der Waals surface area contributed by atoms with Crippen molar-refractivity contribution in [1.29, 1.82) is 0 Å². The second-order valence-electron chi connectivity index (χ2n) is 7.79. The summed E-state index contributed by atoms with van der Waals surface area (Å²) >= 11 is 0. The highest BCUT2D eigenvalue weighted by Crippen LogP contribution is 2.32. The molecule has 4 rings (SSSR count). The molecule has 1 heterocycles. The fraction of sp³-hybridized carbons (Fsp3) is 0.391. The third-order valence-corrected chi connectivity index (χ3v) is 5.60. The lowest BCUT2D eigenvalue weighted by molar-refractivity contribution is -0.127. The van der Waals surface area contributed by atoms with Gasteiger partial charge in [0.2, 0.25) is 5.91 Å². The molecule has 2 aliphatic rings. The molecule has 7 nitrogen and oxygen atoms in total. The summed E-state index contributed by atoms with van der Waals surface area (Å²) in [5.41, 5.74) is 0.126. The lowest BCUT2D eigenvalue weighted by Crippen LogP contribution is -2.60. The molecule has 2 aromatic carbocycles. The molecule has 0 saturated heterocycles. The zero-order valence-electron chi connectivity index (χ0n) is 16.9. The number of carbonyl (C=O) groups excluding carboxylic acids is 2. The number of para-hydroxylation sites is 2. The maximum absolute atomic E-state index is 13.0. The average Bonchev–Trinajstić information content (AvgIpc) is 3.26. The van der Waals surface area contributed by atoms with E-state index in [4.69, 9.17) is 9.47 Å². The minimum atomic E-state index is -0.881. The standard InChI is InChI=1S/C23H27N3O4/c27-21(24-15-18-16-29-19-10-4-5-11-20(19)30-18)23(12-6-7-13-23)26-22(28)25-14-17-8-2-1-3-9-17/h1-5,8-11,18H,6-7,12-16H2,(H,24,27)(H2,25,26,28)/t18-/m0/s1. The Morgan fingerprint density at radius 1 is 0.933 bits per heavy atom. The second kappa shape index (κ2) is 9.07. The van der Waals surface area contributed by atoms with Gasteiger partial charge in [0, 0.05) is 6.54 Å². The monoisotopic (exact) mass is 409 g/mol. The highest BCUT2D eigenvalue weighted by atomic mass is 16.6. The normalized spacial score (nSPS) is 19.0. The van der Waals surface area contributed by atoms with Crippen LogP contribution in [0.1, 0.15) is 31.2 Å². The highest BCUT2D eigenvalue weighted by molar-refractivity contribution is 5.91. The zero-order chi connectivity index (χ0) is 20.8. The number of nitrogens with one attached hydrogen (secondary N) is 3. The molecule has 0 bridgehead atoms. The molecule has 30 heavy (non-hydrogen) atoms. The summed E-state index contributed by atoms with van der Waals surface area (Å²) in [7, 11) is 0. The molecule has 3 N–H and O–H groups in total. The zero-order valence-corrected chi connectivity index (χ0v) is 16.9. The summed E-state index contributed by atoms with van der Waals surface area (Å²) in [5.74, 6) is 1.22. The lowest BCUT2D eigenvalue weighted by atomic mass is 9.96. The first-order valence-electron chi connectivity index (χ1n) is 10.4. The van der Waals surface area contributed by atoms with Crippen molar-refractivity contribution in [3.8, 4) is 11.5 Å². The van der Waals surface area contributed by atoms with Crippen LogP contribution in [0.3, 0.4) is 0 Å². The summed E-state index contributed by atoms with van der Waals surface area (Å²) in [6.07, 6.45) is 2.80. The van der Waals surface area contributed by atoms with Crippen molar-refractivity contribution >= 4 is 11.9 Å². The second-order valence-corrected chi connectivity index (χ2v) is 7.79. The van der Waals surface area contributed by atoms with E-state index in [1.165, 1.54) is 0 Å². The summed E-state index contributed by atoms with van der Waals surface area (Å²) in [6, 6.07) is 16.8. The number of benzene rings is 2. The van der Waals surface area contributed by atoms with Crippen LogP contribution in [0.2, 0.25) is 0 Å². The molecule has 1 fully saturated rings. The SMILES string of the molecule is O=C(NCc1ccccc1)NC1(C(=O)NC[C@H]2COc3ccccc3O2)CCCC1. The molecule has 1 aliphatic heterocycles. The van der Waals surface area contributed by atoms with E-state index in [2.05, 4.69) is 16.0 Å². The molecule has 0 spiro atoms. The van der Waals surface area contributed by atoms with Gasteiger partial charge in [-0.25, -0.2) is 4.79 Å². The van der Waals surface area contributed by atoms with Crippen LogP contribution >= 0.6 is 0 Å². The van der Waals surface area contributed by atoms with Gasteiger partial charge in [0.15, 0.2) is 11.5 Å². The van der Waals surface area contributed by atoms with Gasteiger partial charge in [-0.1, -0.05) is 55.3 Å². The van der Waals surface area contributed by atoms with Crippen molar-refractivity contribution in [3.05, 3.63) is 60.2 Å². The number of rotatable bonds is 6. The molecular weight excluding hydrogens is 382 g/mol. The third-order valence-electron chi connectivity index (χ3n) is 5.60. The largest absolute Gasteiger partial charge is 0.486 e. The van der Waals surface area contributed by atoms with Crippen LogP contribution < -0.4 is 25.4 Å².